The zero-order valence-electron chi connectivity index (χ0n) is 10.5. The van der Waals surface area contributed by atoms with Crippen LogP contribution in [0.3, 0.4) is 0 Å². The van der Waals surface area contributed by atoms with Gasteiger partial charge in [-0.25, -0.2) is 4.39 Å². The molecule has 1 nitrogen and oxygen atoms in total. The number of benzene rings is 2. The van der Waals surface area contributed by atoms with Crippen molar-refractivity contribution in [2.45, 2.75) is 19.4 Å². The zero-order chi connectivity index (χ0) is 13.8. The van der Waals surface area contributed by atoms with Crippen molar-refractivity contribution in [3.63, 3.8) is 0 Å². The Hall–Kier alpha value is -1.06. The van der Waals surface area contributed by atoms with Crippen molar-refractivity contribution >= 4 is 33.2 Å². The molecule has 0 radical (unpaired) electrons. The van der Waals surface area contributed by atoms with Gasteiger partial charge in [-0.2, -0.15) is 0 Å². The molecule has 2 aromatic rings. The molecule has 0 bridgehead atoms. The maximum Gasteiger partial charge on any atom is 0.123 e. The van der Waals surface area contributed by atoms with Crippen molar-refractivity contribution in [2.75, 3.05) is 5.32 Å². The molecule has 0 aromatic heterocycles. The Bertz CT molecular complexity index is 574. The fraction of sp³-hybridized carbons (Fsp3) is 0.200. The summed E-state index contributed by atoms with van der Waals surface area (Å²) in [6.07, 6.45) is 0.860. The largest absolute Gasteiger partial charge is 0.377 e. The molecule has 2 rings (SSSR count). The minimum atomic E-state index is -0.215. The Balaban J connectivity index is 2.24. The van der Waals surface area contributed by atoms with Gasteiger partial charge in [-0.1, -0.05) is 30.7 Å². The molecular weight excluding hydrogens is 329 g/mol. The summed E-state index contributed by atoms with van der Waals surface area (Å²) in [4.78, 5) is 0. The highest BCUT2D eigenvalue weighted by atomic mass is 79.9. The lowest BCUT2D eigenvalue weighted by Crippen LogP contribution is -2.10. The van der Waals surface area contributed by atoms with Gasteiger partial charge < -0.3 is 5.32 Å². The Morgan fingerprint density at radius 1 is 1.26 bits per heavy atom. The van der Waals surface area contributed by atoms with E-state index in [4.69, 9.17) is 11.6 Å². The van der Waals surface area contributed by atoms with Crippen LogP contribution in [0.4, 0.5) is 10.1 Å². The topological polar surface area (TPSA) is 12.0 Å². The predicted molar refractivity (Wildman–Crippen MR) is 82.2 cm³/mol. The second kappa shape index (κ2) is 6.40. The standard InChI is InChI=1S/C15H14BrClFN/c1-2-14(10-4-3-5-12(18)8-10)19-15-7-6-11(17)9-13(15)16/h3-9,14,19H,2H2,1H3. The molecule has 0 heterocycles. The van der Waals surface area contributed by atoms with E-state index in [1.807, 2.05) is 24.3 Å². The molecule has 0 saturated heterocycles. The van der Waals surface area contributed by atoms with E-state index < -0.39 is 0 Å². The van der Waals surface area contributed by atoms with E-state index in [9.17, 15) is 4.39 Å². The first-order valence-electron chi connectivity index (χ1n) is 6.07. The van der Waals surface area contributed by atoms with Crippen LogP contribution < -0.4 is 5.32 Å². The van der Waals surface area contributed by atoms with Crippen molar-refractivity contribution in [1.29, 1.82) is 0 Å². The summed E-state index contributed by atoms with van der Waals surface area (Å²) >= 11 is 9.39. The van der Waals surface area contributed by atoms with Crippen LogP contribution in [0, 0.1) is 5.82 Å². The van der Waals surface area contributed by atoms with Crippen LogP contribution in [0.15, 0.2) is 46.9 Å². The van der Waals surface area contributed by atoms with Crippen LogP contribution in [-0.2, 0) is 0 Å². The number of nitrogens with one attached hydrogen (secondary N) is 1. The van der Waals surface area contributed by atoms with Gasteiger partial charge in [0.05, 0.1) is 6.04 Å². The third-order valence-corrected chi connectivity index (χ3v) is 3.81. The van der Waals surface area contributed by atoms with Crippen molar-refractivity contribution in [3.8, 4) is 0 Å². The Kier molecular flexibility index (Phi) is 4.83. The number of hydrogen-bond donors (Lipinski definition) is 1. The van der Waals surface area contributed by atoms with Gasteiger partial charge in [0.25, 0.3) is 0 Å². The Labute approximate surface area is 125 Å². The lowest BCUT2D eigenvalue weighted by atomic mass is 10.0. The van der Waals surface area contributed by atoms with E-state index in [2.05, 4.69) is 28.2 Å². The zero-order valence-corrected chi connectivity index (χ0v) is 12.8. The molecule has 0 aliphatic heterocycles. The molecule has 0 aliphatic carbocycles. The SMILES string of the molecule is CCC(Nc1ccc(Cl)cc1Br)c1cccc(F)c1. The average Bonchev–Trinajstić information content (AvgIpc) is 2.38. The quantitative estimate of drug-likeness (QED) is 0.740. The molecule has 0 amide bonds. The van der Waals surface area contributed by atoms with Gasteiger partial charge in [0.2, 0.25) is 0 Å². The molecule has 4 heteroatoms. The lowest BCUT2D eigenvalue weighted by molar-refractivity contribution is 0.621. The van der Waals surface area contributed by atoms with Gasteiger partial charge in [-0.15, -0.1) is 0 Å². The van der Waals surface area contributed by atoms with Crippen molar-refractivity contribution in [3.05, 3.63) is 63.3 Å². The molecule has 0 spiro atoms. The van der Waals surface area contributed by atoms with E-state index in [1.165, 1.54) is 6.07 Å². The van der Waals surface area contributed by atoms with E-state index in [0.717, 1.165) is 22.1 Å². The summed E-state index contributed by atoms with van der Waals surface area (Å²) in [5.41, 5.74) is 1.88. The normalized spacial score (nSPS) is 12.2. The summed E-state index contributed by atoms with van der Waals surface area (Å²) < 4.78 is 14.2. The van der Waals surface area contributed by atoms with Crippen molar-refractivity contribution in [1.82, 2.24) is 0 Å². The molecule has 1 unspecified atom stereocenters. The van der Waals surface area contributed by atoms with Crippen LogP contribution >= 0.6 is 27.5 Å². The molecule has 100 valence electrons. The van der Waals surface area contributed by atoms with E-state index in [-0.39, 0.29) is 11.9 Å². The number of halogens is 3. The van der Waals surface area contributed by atoms with Gasteiger partial charge in [-0.05, 0) is 58.2 Å². The number of hydrogen-bond acceptors (Lipinski definition) is 1. The second-order valence-electron chi connectivity index (χ2n) is 4.28. The van der Waals surface area contributed by atoms with Crippen LogP contribution in [0.1, 0.15) is 24.9 Å². The van der Waals surface area contributed by atoms with Crippen LogP contribution in [0.2, 0.25) is 5.02 Å². The minimum Gasteiger partial charge on any atom is -0.377 e. The maximum absolute atomic E-state index is 13.3. The Morgan fingerprint density at radius 2 is 2.05 bits per heavy atom. The average molecular weight is 343 g/mol. The van der Waals surface area contributed by atoms with Crippen molar-refractivity contribution in [2.24, 2.45) is 0 Å². The third kappa shape index (κ3) is 3.71. The van der Waals surface area contributed by atoms with Gasteiger partial charge in [0.15, 0.2) is 0 Å². The monoisotopic (exact) mass is 341 g/mol. The number of rotatable bonds is 4. The first-order valence-corrected chi connectivity index (χ1v) is 7.24. The molecule has 0 fully saturated rings. The molecule has 1 N–H and O–H groups in total. The molecule has 0 saturated carbocycles. The van der Waals surface area contributed by atoms with Gasteiger partial charge in [-0.3, -0.25) is 0 Å². The summed E-state index contributed by atoms with van der Waals surface area (Å²) in [5.74, 6) is -0.215. The highest BCUT2D eigenvalue weighted by Gasteiger charge is 2.11. The first-order chi connectivity index (χ1) is 9.10. The second-order valence-corrected chi connectivity index (χ2v) is 5.58. The third-order valence-electron chi connectivity index (χ3n) is 2.92. The van der Waals surface area contributed by atoms with E-state index in [0.29, 0.717) is 5.02 Å². The van der Waals surface area contributed by atoms with E-state index >= 15 is 0 Å². The van der Waals surface area contributed by atoms with Crippen LogP contribution in [0.5, 0.6) is 0 Å². The van der Waals surface area contributed by atoms with Crippen LogP contribution in [0.25, 0.3) is 0 Å². The summed E-state index contributed by atoms with van der Waals surface area (Å²) in [7, 11) is 0. The minimum absolute atomic E-state index is 0.0631. The fourth-order valence-corrected chi connectivity index (χ4v) is 2.74. The summed E-state index contributed by atoms with van der Waals surface area (Å²) in [6, 6.07) is 12.3. The van der Waals surface area contributed by atoms with Gasteiger partial charge in [0.1, 0.15) is 5.82 Å². The molecule has 2 aromatic carbocycles. The highest BCUT2D eigenvalue weighted by Crippen LogP contribution is 2.30. The summed E-state index contributed by atoms with van der Waals surface area (Å²) in [5, 5.41) is 4.07. The smallest absolute Gasteiger partial charge is 0.123 e. The molecule has 19 heavy (non-hydrogen) atoms. The van der Waals surface area contributed by atoms with Gasteiger partial charge in [0, 0.05) is 15.2 Å². The highest BCUT2D eigenvalue weighted by molar-refractivity contribution is 9.10. The molecule has 1 atom stereocenters. The maximum atomic E-state index is 13.3. The van der Waals surface area contributed by atoms with Crippen LogP contribution in [-0.4, -0.2) is 0 Å². The molecular formula is C15H14BrClFN. The van der Waals surface area contributed by atoms with Crippen molar-refractivity contribution < 1.29 is 4.39 Å². The van der Waals surface area contributed by atoms with E-state index in [1.54, 1.807) is 12.1 Å². The first kappa shape index (κ1) is 14.4. The predicted octanol–water partition coefficient (Wildman–Crippen LogP) is 5.80. The summed E-state index contributed by atoms with van der Waals surface area (Å²) in [6.45, 7) is 2.06. The fourth-order valence-electron chi connectivity index (χ4n) is 1.94. The van der Waals surface area contributed by atoms with Gasteiger partial charge >= 0.3 is 0 Å². The Morgan fingerprint density at radius 3 is 2.68 bits per heavy atom. The molecule has 0 aliphatic rings. The number of anilines is 1. The lowest BCUT2D eigenvalue weighted by Gasteiger charge is -2.20.